The molecule has 4 nitrogen and oxygen atoms in total. The SMILES string of the molecule is CC(N)C1CN(C(=O)c2cc(F)c(F)cc2Cl)CCO1. The van der Waals surface area contributed by atoms with E-state index in [1.165, 1.54) is 4.90 Å². The molecule has 1 saturated heterocycles. The fraction of sp³-hybridized carbons (Fsp3) is 0.462. The Morgan fingerprint density at radius 3 is 2.80 bits per heavy atom. The van der Waals surface area contributed by atoms with Gasteiger partial charge in [-0.15, -0.1) is 0 Å². The number of hydrogen-bond acceptors (Lipinski definition) is 3. The number of nitrogens with two attached hydrogens (primary N) is 1. The normalized spacial score (nSPS) is 20.9. The monoisotopic (exact) mass is 304 g/mol. The fourth-order valence-electron chi connectivity index (χ4n) is 2.03. The van der Waals surface area contributed by atoms with Crippen LogP contribution in [-0.2, 0) is 4.74 Å². The van der Waals surface area contributed by atoms with Crippen LogP contribution < -0.4 is 5.73 Å². The van der Waals surface area contributed by atoms with Crippen LogP contribution in [0, 0.1) is 11.6 Å². The molecule has 1 aliphatic rings. The first-order valence-electron chi connectivity index (χ1n) is 6.21. The van der Waals surface area contributed by atoms with Crippen LogP contribution in [0.1, 0.15) is 17.3 Å². The summed E-state index contributed by atoms with van der Waals surface area (Å²) in [6, 6.07) is 1.38. The summed E-state index contributed by atoms with van der Waals surface area (Å²) in [5.41, 5.74) is 5.68. The average Bonchev–Trinajstić information content (AvgIpc) is 2.42. The minimum Gasteiger partial charge on any atom is -0.373 e. The molecule has 0 spiro atoms. The molecule has 0 radical (unpaired) electrons. The van der Waals surface area contributed by atoms with E-state index in [1.807, 2.05) is 0 Å². The number of halogens is 3. The molecule has 0 aromatic heterocycles. The lowest BCUT2D eigenvalue weighted by atomic mass is 10.1. The van der Waals surface area contributed by atoms with Gasteiger partial charge in [-0.3, -0.25) is 4.79 Å². The molecule has 1 heterocycles. The predicted octanol–water partition coefficient (Wildman–Crippen LogP) is 1.81. The van der Waals surface area contributed by atoms with Crippen LogP contribution in [0.3, 0.4) is 0 Å². The molecule has 20 heavy (non-hydrogen) atoms. The number of benzene rings is 1. The molecule has 2 unspecified atom stereocenters. The van der Waals surface area contributed by atoms with Crippen molar-refractivity contribution in [3.05, 3.63) is 34.4 Å². The standard InChI is InChI=1S/C13H15ClF2N2O2/c1-7(17)12-6-18(2-3-20-12)13(19)8-4-10(15)11(16)5-9(8)14/h4-5,7,12H,2-3,6,17H2,1H3. The summed E-state index contributed by atoms with van der Waals surface area (Å²) in [5.74, 6) is -2.64. The number of carbonyl (C=O) groups is 1. The van der Waals surface area contributed by atoms with Crippen molar-refractivity contribution >= 4 is 17.5 Å². The van der Waals surface area contributed by atoms with Gasteiger partial charge in [-0.25, -0.2) is 8.78 Å². The Bertz CT molecular complexity index is 525. The third-order valence-corrected chi connectivity index (χ3v) is 3.52. The molecule has 110 valence electrons. The first-order chi connectivity index (χ1) is 9.40. The van der Waals surface area contributed by atoms with Crippen molar-refractivity contribution in [1.82, 2.24) is 4.90 Å². The number of rotatable bonds is 2. The van der Waals surface area contributed by atoms with Gasteiger partial charge in [-0.2, -0.15) is 0 Å². The van der Waals surface area contributed by atoms with Gasteiger partial charge in [0, 0.05) is 19.1 Å². The second-order valence-corrected chi connectivity index (χ2v) is 5.17. The molecule has 2 atom stereocenters. The molecule has 0 bridgehead atoms. The van der Waals surface area contributed by atoms with Crippen molar-refractivity contribution in [2.75, 3.05) is 19.7 Å². The van der Waals surface area contributed by atoms with Crippen LogP contribution >= 0.6 is 11.6 Å². The van der Waals surface area contributed by atoms with E-state index in [9.17, 15) is 13.6 Å². The smallest absolute Gasteiger partial charge is 0.255 e. The lowest BCUT2D eigenvalue weighted by molar-refractivity contribution is -0.0300. The second kappa shape index (κ2) is 6.03. The molecule has 2 rings (SSSR count). The van der Waals surface area contributed by atoms with Crippen LogP contribution in [0.5, 0.6) is 0 Å². The molecular formula is C13H15ClF2N2O2. The van der Waals surface area contributed by atoms with Crippen molar-refractivity contribution in [1.29, 1.82) is 0 Å². The summed E-state index contributed by atoms with van der Waals surface area (Å²) in [7, 11) is 0. The van der Waals surface area contributed by atoms with Gasteiger partial charge in [-0.05, 0) is 19.1 Å². The number of ether oxygens (including phenoxy) is 1. The summed E-state index contributed by atoms with van der Waals surface area (Å²) < 4.78 is 31.7. The molecular weight excluding hydrogens is 290 g/mol. The Balaban J connectivity index is 2.21. The van der Waals surface area contributed by atoms with Crippen LogP contribution in [0.25, 0.3) is 0 Å². The van der Waals surface area contributed by atoms with E-state index in [0.29, 0.717) is 19.7 Å². The Morgan fingerprint density at radius 2 is 2.15 bits per heavy atom. The highest BCUT2D eigenvalue weighted by Gasteiger charge is 2.28. The third kappa shape index (κ3) is 3.08. The number of nitrogens with zero attached hydrogens (tertiary/aromatic N) is 1. The third-order valence-electron chi connectivity index (χ3n) is 3.21. The van der Waals surface area contributed by atoms with E-state index in [1.54, 1.807) is 6.92 Å². The Hall–Kier alpha value is -1.24. The van der Waals surface area contributed by atoms with E-state index < -0.39 is 17.5 Å². The molecule has 0 aliphatic carbocycles. The molecule has 1 amide bonds. The van der Waals surface area contributed by atoms with E-state index >= 15 is 0 Å². The van der Waals surface area contributed by atoms with E-state index in [2.05, 4.69) is 0 Å². The summed E-state index contributed by atoms with van der Waals surface area (Å²) >= 11 is 5.80. The predicted molar refractivity (Wildman–Crippen MR) is 70.7 cm³/mol. The highest BCUT2D eigenvalue weighted by molar-refractivity contribution is 6.33. The molecule has 0 saturated carbocycles. The first-order valence-corrected chi connectivity index (χ1v) is 6.59. The maximum atomic E-state index is 13.2. The Labute approximate surface area is 120 Å². The van der Waals surface area contributed by atoms with Gasteiger partial charge in [0.25, 0.3) is 5.91 Å². The molecule has 1 aromatic rings. The van der Waals surface area contributed by atoms with Crippen molar-refractivity contribution in [3.8, 4) is 0 Å². The Kier molecular flexibility index (Phi) is 4.57. The van der Waals surface area contributed by atoms with Crippen LogP contribution in [-0.4, -0.2) is 42.6 Å². The molecule has 2 N–H and O–H groups in total. The number of hydrogen-bond donors (Lipinski definition) is 1. The number of carbonyl (C=O) groups excluding carboxylic acids is 1. The van der Waals surface area contributed by atoms with Gasteiger partial charge in [0.1, 0.15) is 0 Å². The highest BCUT2D eigenvalue weighted by atomic mass is 35.5. The maximum absolute atomic E-state index is 13.2. The van der Waals surface area contributed by atoms with Gasteiger partial charge in [0.15, 0.2) is 11.6 Å². The van der Waals surface area contributed by atoms with Gasteiger partial charge >= 0.3 is 0 Å². The molecule has 1 aromatic carbocycles. The van der Waals surface area contributed by atoms with Crippen molar-refractivity contribution in [2.45, 2.75) is 19.1 Å². The van der Waals surface area contributed by atoms with Gasteiger partial charge in [0.05, 0.1) is 23.3 Å². The molecule has 1 aliphatic heterocycles. The molecule has 1 fully saturated rings. The topological polar surface area (TPSA) is 55.6 Å². The quantitative estimate of drug-likeness (QED) is 0.848. The lowest BCUT2D eigenvalue weighted by Crippen LogP contribution is -2.51. The number of morpholine rings is 1. The van der Waals surface area contributed by atoms with Gasteiger partial charge < -0.3 is 15.4 Å². The van der Waals surface area contributed by atoms with Crippen LogP contribution in [0.2, 0.25) is 5.02 Å². The minimum atomic E-state index is -1.10. The first kappa shape index (κ1) is 15.2. The average molecular weight is 305 g/mol. The summed E-state index contributed by atoms with van der Waals surface area (Å²) in [6.45, 7) is 2.78. The molecule has 7 heteroatoms. The highest BCUT2D eigenvalue weighted by Crippen LogP contribution is 2.22. The maximum Gasteiger partial charge on any atom is 0.255 e. The van der Waals surface area contributed by atoms with Crippen molar-refractivity contribution in [2.24, 2.45) is 5.73 Å². The Morgan fingerprint density at radius 1 is 1.50 bits per heavy atom. The van der Waals surface area contributed by atoms with E-state index in [4.69, 9.17) is 22.1 Å². The lowest BCUT2D eigenvalue weighted by Gasteiger charge is -2.34. The summed E-state index contributed by atoms with van der Waals surface area (Å²) in [5, 5.41) is -0.113. The van der Waals surface area contributed by atoms with Gasteiger partial charge in [0.2, 0.25) is 0 Å². The van der Waals surface area contributed by atoms with Crippen LogP contribution in [0.4, 0.5) is 8.78 Å². The zero-order valence-corrected chi connectivity index (χ0v) is 11.7. The van der Waals surface area contributed by atoms with Crippen molar-refractivity contribution < 1.29 is 18.3 Å². The fourth-order valence-corrected chi connectivity index (χ4v) is 2.27. The van der Waals surface area contributed by atoms with Crippen LogP contribution in [0.15, 0.2) is 12.1 Å². The second-order valence-electron chi connectivity index (χ2n) is 4.77. The number of amides is 1. The van der Waals surface area contributed by atoms with E-state index in [-0.39, 0.29) is 22.7 Å². The minimum absolute atomic E-state index is 0.0594. The van der Waals surface area contributed by atoms with Crippen molar-refractivity contribution in [3.63, 3.8) is 0 Å². The largest absolute Gasteiger partial charge is 0.373 e. The zero-order valence-electron chi connectivity index (χ0n) is 10.9. The van der Waals surface area contributed by atoms with E-state index in [0.717, 1.165) is 12.1 Å². The van der Waals surface area contributed by atoms with Gasteiger partial charge in [-0.1, -0.05) is 11.6 Å². The summed E-state index contributed by atoms with van der Waals surface area (Å²) in [4.78, 5) is 13.8. The zero-order chi connectivity index (χ0) is 14.9. The summed E-state index contributed by atoms with van der Waals surface area (Å²) in [6.07, 6.45) is -0.281.